The average molecular weight is 498 g/mol. The Bertz CT molecular complexity index is 671. The number of aryl methyl sites for hydroxylation is 2. The number of anilines is 1. The first kappa shape index (κ1) is 24.3. The molecule has 0 aliphatic carbocycles. The van der Waals surface area contributed by atoms with Crippen LogP contribution in [0.3, 0.4) is 0 Å². The van der Waals surface area contributed by atoms with Crippen LogP contribution in [0.25, 0.3) is 0 Å². The highest BCUT2D eigenvalue weighted by molar-refractivity contribution is 14.0. The van der Waals surface area contributed by atoms with Crippen molar-refractivity contribution in [2.24, 2.45) is 12.0 Å². The van der Waals surface area contributed by atoms with Gasteiger partial charge in [0.1, 0.15) is 0 Å². The molecule has 0 bridgehead atoms. The van der Waals surface area contributed by atoms with Crippen molar-refractivity contribution in [3.63, 3.8) is 0 Å². The molecule has 156 valence electrons. The lowest BCUT2D eigenvalue weighted by molar-refractivity contribution is 0.724. The molecule has 0 unspecified atom stereocenters. The van der Waals surface area contributed by atoms with E-state index in [1.165, 1.54) is 11.3 Å². The lowest BCUT2D eigenvalue weighted by atomic mass is 10.2. The SMILES string of the molecule is CCNC(=NCCCN(CC)c1ccccc1)NCCCc1cnn(C)c1.I. The maximum absolute atomic E-state index is 4.71. The molecule has 0 spiro atoms. The van der Waals surface area contributed by atoms with Gasteiger partial charge in [-0.15, -0.1) is 24.0 Å². The van der Waals surface area contributed by atoms with Crippen LogP contribution in [0.4, 0.5) is 5.69 Å². The van der Waals surface area contributed by atoms with Gasteiger partial charge in [-0.3, -0.25) is 9.67 Å². The molecular formula is C21H35IN6. The highest BCUT2D eigenvalue weighted by atomic mass is 127. The van der Waals surface area contributed by atoms with Gasteiger partial charge in [0.2, 0.25) is 0 Å². The summed E-state index contributed by atoms with van der Waals surface area (Å²) in [7, 11) is 1.95. The monoisotopic (exact) mass is 498 g/mol. The highest BCUT2D eigenvalue weighted by Crippen LogP contribution is 2.12. The highest BCUT2D eigenvalue weighted by Gasteiger charge is 2.03. The third-order valence-corrected chi connectivity index (χ3v) is 4.40. The number of aliphatic imine (C=N–C) groups is 1. The fourth-order valence-electron chi connectivity index (χ4n) is 3.00. The van der Waals surface area contributed by atoms with Crippen molar-refractivity contribution >= 4 is 35.6 Å². The second-order valence-corrected chi connectivity index (χ2v) is 6.58. The third kappa shape index (κ3) is 8.95. The summed E-state index contributed by atoms with van der Waals surface area (Å²) in [6.45, 7) is 8.93. The van der Waals surface area contributed by atoms with Crippen LogP contribution in [-0.4, -0.2) is 48.5 Å². The van der Waals surface area contributed by atoms with E-state index in [1.54, 1.807) is 0 Å². The Kier molecular flexibility index (Phi) is 12.4. The Morgan fingerprint density at radius 1 is 1.14 bits per heavy atom. The summed E-state index contributed by atoms with van der Waals surface area (Å²) in [4.78, 5) is 7.11. The van der Waals surface area contributed by atoms with Gasteiger partial charge in [-0.25, -0.2) is 0 Å². The van der Waals surface area contributed by atoms with E-state index < -0.39 is 0 Å². The molecule has 0 radical (unpaired) electrons. The van der Waals surface area contributed by atoms with Gasteiger partial charge in [0.25, 0.3) is 0 Å². The van der Waals surface area contributed by atoms with Crippen molar-refractivity contribution in [2.45, 2.75) is 33.1 Å². The molecular weight excluding hydrogens is 463 g/mol. The van der Waals surface area contributed by atoms with Crippen molar-refractivity contribution in [2.75, 3.05) is 37.6 Å². The standard InChI is InChI=1S/C21H34N6.HI/c1-4-22-21(23-14-9-11-19-17-25-26(3)18-19)24-15-10-16-27(5-2)20-12-7-6-8-13-20;/h6-8,12-13,17-18H,4-5,9-11,14-16H2,1-3H3,(H2,22,23,24);1H. The Hall–Kier alpha value is -1.77. The van der Waals surface area contributed by atoms with Crippen LogP contribution in [0.5, 0.6) is 0 Å². The van der Waals surface area contributed by atoms with Crippen molar-refractivity contribution in [3.8, 4) is 0 Å². The number of aromatic nitrogens is 2. The van der Waals surface area contributed by atoms with Crippen molar-refractivity contribution in [1.29, 1.82) is 0 Å². The Balaban J connectivity index is 0.00000392. The second kappa shape index (κ2) is 14.3. The molecule has 2 aromatic rings. The molecule has 2 N–H and O–H groups in total. The number of para-hydroxylation sites is 1. The first-order valence-electron chi connectivity index (χ1n) is 10.0. The number of nitrogens with zero attached hydrogens (tertiary/aromatic N) is 4. The van der Waals surface area contributed by atoms with Gasteiger partial charge in [0.15, 0.2) is 5.96 Å². The van der Waals surface area contributed by atoms with Crippen LogP contribution >= 0.6 is 24.0 Å². The topological polar surface area (TPSA) is 57.5 Å². The molecule has 0 saturated heterocycles. The number of hydrogen-bond acceptors (Lipinski definition) is 3. The number of hydrogen-bond donors (Lipinski definition) is 2. The van der Waals surface area contributed by atoms with Crippen molar-refractivity contribution in [1.82, 2.24) is 20.4 Å². The number of nitrogens with one attached hydrogen (secondary N) is 2. The summed E-state index contributed by atoms with van der Waals surface area (Å²) < 4.78 is 1.85. The van der Waals surface area contributed by atoms with Gasteiger partial charge in [-0.2, -0.15) is 5.10 Å². The maximum atomic E-state index is 4.71. The summed E-state index contributed by atoms with van der Waals surface area (Å²) >= 11 is 0. The fraction of sp³-hybridized carbons (Fsp3) is 0.524. The van der Waals surface area contributed by atoms with Gasteiger partial charge in [0.05, 0.1) is 6.20 Å². The molecule has 6 nitrogen and oxygen atoms in total. The quantitative estimate of drug-likeness (QED) is 0.216. The molecule has 0 saturated carbocycles. The van der Waals surface area contributed by atoms with Gasteiger partial charge >= 0.3 is 0 Å². The molecule has 28 heavy (non-hydrogen) atoms. The Labute approximate surface area is 186 Å². The van der Waals surface area contributed by atoms with Crippen LogP contribution < -0.4 is 15.5 Å². The minimum Gasteiger partial charge on any atom is -0.372 e. The summed E-state index contributed by atoms with van der Waals surface area (Å²) in [5.41, 5.74) is 2.56. The average Bonchev–Trinajstić information content (AvgIpc) is 3.11. The molecule has 1 heterocycles. The van der Waals surface area contributed by atoms with E-state index in [1.807, 2.05) is 17.9 Å². The van der Waals surface area contributed by atoms with Gasteiger partial charge in [-0.05, 0) is 50.8 Å². The zero-order valence-electron chi connectivity index (χ0n) is 17.4. The van der Waals surface area contributed by atoms with Crippen LogP contribution in [0.2, 0.25) is 0 Å². The predicted octanol–water partition coefficient (Wildman–Crippen LogP) is 3.44. The molecule has 0 aliphatic heterocycles. The fourth-order valence-corrected chi connectivity index (χ4v) is 3.00. The number of rotatable bonds is 11. The summed E-state index contributed by atoms with van der Waals surface area (Å²) in [6.07, 6.45) is 7.14. The first-order valence-corrected chi connectivity index (χ1v) is 10.0. The largest absolute Gasteiger partial charge is 0.372 e. The van der Waals surface area contributed by atoms with E-state index in [9.17, 15) is 0 Å². The zero-order chi connectivity index (χ0) is 19.3. The van der Waals surface area contributed by atoms with Crippen molar-refractivity contribution in [3.05, 3.63) is 48.3 Å². The van der Waals surface area contributed by atoms with Crippen LogP contribution in [0.15, 0.2) is 47.7 Å². The zero-order valence-corrected chi connectivity index (χ0v) is 19.7. The number of halogens is 1. The van der Waals surface area contributed by atoms with E-state index in [0.717, 1.165) is 57.9 Å². The molecule has 1 aromatic heterocycles. The molecule has 0 aliphatic rings. The number of guanidine groups is 1. The van der Waals surface area contributed by atoms with Crippen LogP contribution in [0.1, 0.15) is 32.3 Å². The molecule has 0 amide bonds. The molecule has 1 aromatic carbocycles. The van der Waals surface area contributed by atoms with E-state index in [2.05, 4.69) is 71.0 Å². The van der Waals surface area contributed by atoms with E-state index >= 15 is 0 Å². The second-order valence-electron chi connectivity index (χ2n) is 6.58. The maximum Gasteiger partial charge on any atom is 0.191 e. The molecule has 2 rings (SSSR count). The minimum absolute atomic E-state index is 0. The summed E-state index contributed by atoms with van der Waals surface area (Å²) in [5.74, 6) is 0.909. The van der Waals surface area contributed by atoms with E-state index in [0.29, 0.717) is 0 Å². The Morgan fingerprint density at radius 2 is 1.93 bits per heavy atom. The van der Waals surface area contributed by atoms with Crippen LogP contribution in [0, 0.1) is 0 Å². The summed E-state index contributed by atoms with van der Waals surface area (Å²) in [6, 6.07) is 10.6. The third-order valence-electron chi connectivity index (χ3n) is 4.40. The normalized spacial score (nSPS) is 11.0. The van der Waals surface area contributed by atoms with Gasteiger partial charge < -0.3 is 15.5 Å². The number of benzene rings is 1. The van der Waals surface area contributed by atoms with Gasteiger partial charge in [-0.1, -0.05) is 18.2 Å². The van der Waals surface area contributed by atoms with Crippen LogP contribution in [-0.2, 0) is 13.5 Å². The smallest absolute Gasteiger partial charge is 0.191 e. The van der Waals surface area contributed by atoms with Crippen molar-refractivity contribution < 1.29 is 0 Å². The predicted molar refractivity (Wildman–Crippen MR) is 130 cm³/mol. The molecule has 7 heteroatoms. The molecule has 0 atom stereocenters. The first-order chi connectivity index (χ1) is 13.2. The Morgan fingerprint density at radius 3 is 2.57 bits per heavy atom. The molecule has 0 fully saturated rings. The lowest BCUT2D eigenvalue weighted by Gasteiger charge is -2.22. The van der Waals surface area contributed by atoms with E-state index in [4.69, 9.17) is 4.99 Å². The van der Waals surface area contributed by atoms with E-state index in [-0.39, 0.29) is 24.0 Å². The minimum atomic E-state index is 0. The summed E-state index contributed by atoms with van der Waals surface area (Å²) in [5, 5.41) is 11.0. The lowest BCUT2D eigenvalue weighted by Crippen LogP contribution is -2.38. The van der Waals surface area contributed by atoms with Gasteiger partial charge in [0, 0.05) is 51.7 Å².